The second-order valence-corrected chi connectivity index (χ2v) is 14.5. The van der Waals surface area contributed by atoms with Crippen LogP contribution in [0, 0.1) is 6.92 Å². The fourth-order valence-electron chi connectivity index (χ4n) is 8.13. The third kappa shape index (κ3) is 7.66. The summed E-state index contributed by atoms with van der Waals surface area (Å²) in [6.45, 7) is 14.9. The van der Waals surface area contributed by atoms with E-state index in [1.807, 2.05) is 36.4 Å². The van der Waals surface area contributed by atoms with Gasteiger partial charge in [0.25, 0.3) is 11.8 Å². The number of carbonyl (C=O) groups is 2. The van der Waals surface area contributed by atoms with E-state index in [9.17, 15) is 9.59 Å². The lowest BCUT2D eigenvalue weighted by Gasteiger charge is -2.28. The number of amides is 2. The standard InChI is InChI=1S/C47H50N4O6/c1-5-33-10-12-34(13-11-33)44-42-43(47(53)49(44)26-24-40-54-28-29-55-40)45(50(46(42)52)27-25-41-56-30-31-57-41)35-14-18-38(19-15-35)51(37-16-8-32(4)9-17-37)39-22-20-36(21-23-39)48(6-2)7-3/h5,8-23,40-41H,1,6-7,24-31H2,2-4H3. The summed E-state index contributed by atoms with van der Waals surface area (Å²) in [5, 5.41) is 0. The molecule has 4 heterocycles. The Hall–Kier alpha value is -5.52. The molecular formula is C47H50N4O6. The molecule has 4 aliphatic heterocycles. The van der Waals surface area contributed by atoms with Crippen LogP contribution < -0.4 is 9.80 Å². The highest BCUT2D eigenvalue weighted by molar-refractivity contribution is 6.30. The van der Waals surface area contributed by atoms with Crippen molar-refractivity contribution in [3.05, 3.63) is 137 Å². The Kier molecular flexibility index (Phi) is 11.4. The Morgan fingerprint density at radius 2 is 0.982 bits per heavy atom. The first-order valence-corrected chi connectivity index (χ1v) is 20.0. The van der Waals surface area contributed by atoms with E-state index in [1.165, 1.54) is 11.3 Å². The number of ether oxygens (including phenoxy) is 4. The van der Waals surface area contributed by atoms with Crippen LogP contribution in [0.5, 0.6) is 0 Å². The minimum atomic E-state index is -0.415. The number of carbonyl (C=O) groups excluding carboxylic acids is 2. The molecule has 8 rings (SSSR count). The number of anilines is 4. The molecule has 10 nitrogen and oxygen atoms in total. The van der Waals surface area contributed by atoms with Crippen molar-refractivity contribution in [3.8, 4) is 0 Å². The summed E-state index contributed by atoms with van der Waals surface area (Å²) in [5.41, 5.74) is 9.82. The van der Waals surface area contributed by atoms with Crippen molar-refractivity contribution in [1.29, 1.82) is 0 Å². The molecule has 2 amide bonds. The molecule has 4 aliphatic rings. The fourth-order valence-corrected chi connectivity index (χ4v) is 8.13. The monoisotopic (exact) mass is 766 g/mol. The lowest BCUT2D eigenvalue weighted by Crippen LogP contribution is -2.33. The van der Waals surface area contributed by atoms with Gasteiger partial charge in [-0.05, 0) is 86.0 Å². The topological polar surface area (TPSA) is 84.0 Å². The maximum absolute atomic E-state index is 14.8. The highest BCUT2D eigenvalue weighted by Gasteiger charge is 2.49. The molecule has 0 aliphatic carbocycles. The van der Waals surface area contributed by atoms with Crippen molar-refractivity contribution in [2.24, 2.45) is 0 Å². The second kappa shape index (κ2) is 16.9. The number of rotatable bonds is 15. The van der Waals surface area contributed by atoms with Crippen molar-refractivity contribution in [3.63, 3.8) is 0 Å². The number of fused-ring (bicyclic) bond motifs is 1. The van der Waals surface area contributed by atoms with Gasteiger partial charge >= 0.3 is 0 Å². The summed E-state index contributed by atoms with van der Waals surface area (Å²) in [6.07, 6.45) is 1.90. The third-order valence-electron chi connectivity index (χ3n) is 11.1. The van der Waals surface area contributed by atoms with Gasteiger partial charge in [0, 0.05) is 61.8 Å². The molecule has 0 atom stereocenters. The van der Waals surface area contributed by atoms with Crippen molar-refractivity contribution >= 4 is 52.0 Å². The highest BCUT2D eigenvalue weighted by atomic mass is 16.7. The van der Waals surface area contributed by atoms with Crippen LogP contribution in [0.4, 0.5) is 22.7 Å². The van der Waals surface area contributed by atoms with Gasteiger partial charge in [-0.15, -0.1) is 0 Å². The quantitative estimate of drug-likeness (QED) is 0.120. The van der Waals surface area contributed by atoms with E-state index in [-0.39, 0.29) is 11.8 Å². The van der Waals surface area contributed by atoms with Crippen LogP contribution in [-0.4, -0.2) is 86.8 Å². The zero-order valence-electron chi connectivity index (χ0n) is 33.0. The first-order valence-electron chi connectivity index (χ1n) is 20.0. The smallest absolute Gasteiger partial charge is 0.261 e. The molecule has 0 aromatic heterocycles. The Bertz CT molecular complexity index is 2150. The van der Waals surface area contributed by atoms with Gasteiger partial charge in [0.15, 0.2) is 12.6 Å². The van der Waals surface area contributed by atoms with Crippen LogP contribution >= 0.6 is 0 Å². The Morgan fingerprint density at radius 3 is 1.40 bits per heavy atom. The molecule has 4 aromatic rings. The average Bonchev–Trinajstić information content (AvgIpc) is 4.06. The van der Waals surface area contributed by atoms with Gasteiger partial charge in [0.2, 0.25) is 0 Å². The number of nitrogens with zero attached hydrogens (tertiary/aromatic N) is 4. The maximum atomic E-state index is 14.8. The first kappa shape index (κ1) is 38.4. The largest absolute Gasteiger partial charge is 0.372 e. The molecule has 0 spiro atoms. The van der Waals surface area contributed by atoms with E-state index in [0.717, 1.165) is 46.8 Å². The molecule has 0 radical (unpaired) electrons. The SMILES string of the molecule is C=Cc1ccc(C2=C3C(=O)N(CCC4OCCO4)C(c4ccc(N(c5ccc(C)cc5)c5ccc(N(CC)CC)cc5)cc4)=C3C(=O)N2CCC2OCCO2)cc1. The summed E-state index contributed by atoms with van der Waals surface area (Å²) < 4.78 is 23.0. The van der Waals surface area contributed by atoms with E-state index in [2.05, 4.69) is 97.8 Å². The van der Waals surface area contributed by atoms with Gasteiger partial charge in [0.1, 0.15) is 0 Å². The van der Waals surface area contributed by atoms with Gasteiger partial charge < -0.3 is 38.5 Å². The van der Waals surface area contributed by atoms with Crippen LogP contribution in [0.15, 0.2) is 115 Å². The molecule has 0 unspecified atom stereocenters. The van der Waals surface area contributed by atoms with Crippen molar-refractivity contribution < 1.29 is 28.5 Å². The van der Waals surface area contributed by atoms with Crippen LogP contribution in [0.1, 0.15) is 48.9 Å². The van der Waals surface area contributed by atoms with Crippen molar-refractivity contribution in [2.45, 2.75) is 46.2 Å². The van der Waals surface area contributed by atoms with Crippen molar-refractivity contribution in [2.75, 3.05) is 62.4 Å². The van der Waals surface area contributed by atoms with Crippen LogP contribution in [-0.2, 0) is 28.5 Å². The van der Waals surface area contributed by atoms with Gasteiger partial charge in [-0.1, -0.05) is 66.7 Å². The predicted octanol–water partition coefficient (Wildman–Crippen LogP) is 8.29. The lowest BCUT2D eigenvalue weighted by molar-refractivity contribution is -0.125. The number of hydrogen-bond donors (Lipinski definition) is 0. The minimum absolute atomic E-state index is 0.219. The summed E-state index contributed by atoms with van der Waals surface area (Å²) in [7, 11) is 0. The normalized spacial score (nSPS) is 17.4. The Labute approximate surface area is 335 Å². The van der Waals surface area contributed by atoms with E-state index in [1.54, 1.807) is 15.9 Å². The minimum Gasteiger partial charge on any atom is -0.372 e. The van der Waals surface area contributed by atoms with Crippen LogP contribution in [0.25, 0.3) is 17.5 Å². The lowest BCUT2D eigenvalue weighted by atomic mass is 10.0. The molecule has 0 bridgehead atoms. The summed E-state index contributed by atoms with van der Waals surface area (Å²) in [5.74, 6) is -0.438. The van der Waals surface area contributed by atoms with E-state index in [0.29, 0.717) is 74.9 Å². The second-order valence-electron chi connectivity index (χ2n) is 14.5. The van der Waals surface area contributed by atoms with E-state index >= 15 is 0 Å². The Morgan fingerprint density at radius 1 is 0.596 bits per heavy atom. The fraction of sp³-hybridized carbons (Fsp3) is 0.319. The van der Waals surface area contributed by atoms with Crippen LogP contribution in [0.2, 0.25) is 0 Å². The number of hydrogen-bond acceptors (Lipinski definition) is 8. The molecule has 2 fully saturated rings. The molecular weight excluding hydrogens is 717 g/mol. The summed E-state index contributed by atoms with van der Waals surface area (Å²) in [6, 6.07) is 33.1. The molecule has 10 heteroatoms. The highest BCUT2D eigenvalue weighted by Crippen LogP contribution is 2.47. The molecule has 57 heavy (non-hydrogen) atoms. The first-order chi connectivity index (χ1) is 27.9. The molecule has 4 aromatic carbocycles. The van der Waals surface area contributed by atoms with Crippen LogP contribution in [0.3, 0.4) is 0 Å². The predicted molar refractivity (Wildman–Crippen MR) is 224 cm³/mol. The zero-order chi connectivity index (χ0) is 39.5. The van der Waals surface area contributed by atoms with E-state index in [4.69, 9.17) is 18.9 Å². The molecule has 0 saturated carbocycles. The average molecular weight is 767 g/mol. The molecule has 2 saturated heterocycles. The molecule has 294 valence electrons. The number of benzene rings is 4. The maximum Gasteiger partial charge on any atom is 0.261 e. The van der Waals surface area contributed by atoms with Crippen molar-refractivity contribution in [1.82, 2.24) is 9.80 Å². The van der Waals surface area contributed by atoms with Gasteiger partial charge in [-0.25, -0.2) is 0 Å². The summed E-state index contributed by atoms with van der Waals surface area (Å²) >= 11 is 0. The van der Waals surface area contributed by atoms with Gasteiger partial charge in [-0.3, -0.25) is 9.59 Å². The van der Waals surface area contributed by atoms with Gasteiger partial charge in [0.05, 0.1) is 49.0 Å². The van der Waals surface area contributed by atoms with E-state index < -0.39 is 12.6 Å². The summed E-state index contributed by atoms with van der Waals surface area (Å²) in [4.78, 5) is 37.7. The van der Waals surface area contributed by atoms with Gasteiger partial charge in [-0.2, -0.15) is 0 Å². The third-order valence-corrected chi connectivity index (χ3v) is 11.1. The zero-order valence-corrected chi connectivity index (χ0v) is 33.0. The number of aryl methyl sites for hydroxylation is 1. The Balaban J connectivity index is 1.22. The molecule has 0 N–H and O–H groups in total.